The number of fused-ring (bicyclic) bond motifs is 1. The van der Waals surface area contributed by atoms with Gasteiger partial charge in [0.25, 0.3) is 0 Å². The summed E-state index contributed by atoms with van der Waals surface area (Å²) in [5.41, 5.74) is 6.00. The van der Waals surface area contributed by atoms with Crippen LogP contribution < -0.4 is 0 Å². The van der Waals surface area contributed by atoms with E-state index in [1.165, 1.54) is 0 Å². The minimum atomic E-state index is -0.406. The van der Waals surface area contributed by atoms with Gasteiger partial charge in [-0.2, -0.15) is 0 Å². The normalized spacial score (nSPS) is 12.7. The molecule has 4 heteroatoms. The number of aliphatic hydroxyl groups excluding tert-OH is 1. The van der Waals surface area contributed by atoms with E-state index in [-0.39, 0.29) is 0 Å². The van der Waals surface area contributed by atoms with Crippen LogP contribution in [0.4, 0.5) is 0 Å². The van der Waals surface area contributed by atoms with Crippen LogP contribution in [0.15, 0.2) is 30.3 Å². The smallest absolute Gasteiger partial charge is 0.165 e. The Bertz CT molecular complexity index is 834. The zero-order chi connectivity index (χ0) is 16.6. The van der Waals surface area contributed by atoms with Crippen LogP contribution in [0.3, 0.4) is 0 Å². The average Bonchev–Trinajstić information content (AvgIpc) is 2.93. The summed E-state index contributed by atoms with van der Waals surface area (Å²) >= 11 is 0. The summed E-state index contributed by atoms with van der Waals surface area (Å²) in [6.07, 6.45) is 1.15. The summed E-state index contributed by atoms with van der Waals surface area (Å²) in [5.74, 6) is 1.00. The molecule has 120 valence electrons. The second kappa shape index (κ2) is 6.13. The molecule has 0 aliphatic heterocycles. The van der Waals surface area contributed by atoms with Gasteiger partial charge in [0, 0.05) is 17.8 Å². The van der Waals surface area contributed by atoms with Crippen molar-refractivity contribution in [2.45, 2.75) is 46.6 Å². The zero-order valence-electron chi connectivity index (χ0n) is 14.2. The molecule has 0 amide bonds. The van der Waals surface area contributed by atoms with E-state index < -0.39 is 6.10 Å². The van der Waals surface area contributed by atoms with E-state index >= 15 is 0 Å². The fourth-order valence-corrected chi connectivity index (χ4v) is 3.00. The lowest BCUT2D eigenvalue weighted by molar-refractivity contribution is 0.173. The van der Waals surface area contributed by atoms with E-state index in [2.05, 4.69) is 24.5 Å². The van der Waals surface area contributed by atoms with Gasteiger partial charge in [-0.1, -0.05) is 26.0 Å². The third-order valence-corrected chi connectivity index (χ3v) is 4.24. The lowest BCUT2D eigenvalue weighted by atomic mass is 10.1. The highest BCUT2D eigenvalue weighted by Gasteiger charge is 2.15. The predicted molar refractivity (Wildman–Crippen MR) is 93.0 cm³/mol. The van der Waals surface area contributed by atoms with Crippen LogP contribution in [0.25, 0.3) is 16.9 Å². The molecular weight excluding hydrogens is 286 g/mol. The molecule has 0 bridgehead atoms. The first-order chi connectivity index (χ1) is 11.0. The number of aliphatic hydroxyl groups is 1. The molecule has 0 saturated carbocycles. The Balaban J connectivity index is 2.18. The maximum absolute atomic E-state index is 9.96. The number of hydrogen-bond acceptors (Lipinski definition) is 3. The maximum atomic E-state index is 9.96. The van der Waals surface area contributed by atoms with Crippen LogP contribution in [-0.4, -0.2) is 19.6 Å². The van der Waals surface area contributed by atoms with Crippen LogP contribution in [0, 0.1) is 13.8 Å². The van der Waals surface area contributed by atoms with Crippen LogP contribution in [-0.2, 0) is 6.42 Å². The second-order valence-corrected chi connectivity index (χ2v) is 5.99. The van der Waals surface area contributed by atoms with Crippen molar-refractivity contribution in [1.82, 2.24) is 14.5 Å². The van der Waals surface area contributed by atoms with Crippen molar-refractivity contribution in [2.24, 2.45) is 0 Å². The largest absolute Gasteiger partial charge is 0.388 e. The summed E-state index contributed by atoms with van der Waals surface area (Å²) in [6, 6.07) is 10.1. The number of aromatic nitrogens is 3. The van der Waals surface area contributed by atoms with Gasteiger partial charge in [-0.3, -0.25) is 4.57 Å². The van der Waals surface area contributed by atoms with Gasteiger partial charge < -0.3 is 5.11 Å². The lowest BCUT2D eigenvalue weighted by Gasteiger charge is -2.11. The SMILES string of the molecule is CCc1nc2c(C)cc(C)nc2n1-c1ccc(C(O)CC)cc1. The van der Waals surface area contributed by atoms with Crippen molar-refractivity contribution in [3.63, 3.8) is 0 Å². The molecule has 0 fully saturated rings. The topological polar surface area (TPSA) is 50.9 Å². The van der Waals surface area contributed by atoms with E-state index in [9.17, 15) is 5.11 Å². The van der Waals surface area contributed by atoms with Crippen molar-refractivity contribution >= 4 is 11.2 Å². The fraction of sp³-hybridized carbons (Fsp3) is 0.368. The van der Waals surface area contributed by atoms with Gasteiger partial charge in [0.2, 0.25) is 0 Å². The Labute approximate surface area is 136 Å². The van der Waals surface area contributed by atoms with Crippen molar-refractivity contribution in [3.8, 4) is 5.69 Å². The first-order valence-corrected chi connectivity index (χ1v) is 8.19. The van der Waals surface area contributed by atoms with E-state index in [1.807, 2.05) is 38.1 Å². The third kappa shape index (κ3) is 2.75. The van der Waals surface area contributed by atoms with Crippen LogP contribution >= 0.6 is 0 Å². The molecule has 3 aromatic rings. The molecule has 1 atom stereocenters. The van der Waals surface area contributed by atoms with E-state index in [0.717, 1.165) is 45.9 Å². The van der Waals surface area contributed by atoms with Crippen LogP contribution in [0.1, 0.15) is 49.0 Å². The molecule has 2 aromatic heterocycles. The van der Waals surface area contributed by atoms with Crippen molar-refractivity contribution in [3.05, 3.63) is 53.0 Å². The molecule has 4 nitrogen and oxygen atoms in total. The van der Waals surface area contributed by atoms with Gasteiger partial charge in [0.05, 0.1) is 6.10 Å². The van der Waals surface area contributed by atoms with E-state index in [4.69, 9.17) is 9.97 Å². The highest BCUT2D eigenvalue weighted by Crippen LogP contribution is 2.25. The summed E-state index contributed by atoms with van der Waals surface area (Å²) in [7, 11) is 0. The number of rotatable bonds is 4. The Kier molecular flexibility index (Phi) is 4.18. The molecule has 0 aliphatic carbocycles. The maximum Gasteiger partial charge on any atom is 0.165 e. The van der Waals surface area contributed by atoms with Crippen LogP contribution in [0.5, 0.6) is 0 Å². The third-order valence-electron chi connectivity index (χ3n) is 4.24. The first-order valence-electron chi connectivity index (χ1n) is 8.19. The number of nitrogens with zero attached hydrogens (tertiary/aromatic N) is 3. The minimum Gasteiger partial charge on any atom is -0.388 e. The summed E-state index contributed by atoms with van der Waals surface area (Å²) in [5, 5.41) is 9.96. The average molecular weight is 309 g/mol. The molecule has 0 radical (unpaired) electrons. The van der Waals surface area contributed by atoms with Gasteiger partial charge in [0.1, 0.15) is 11.3 Å². The molecule has 0 aliphatic rings. The van der Waals surface area contributed by atoms with E-state index in [1.54, 1.807) is 0 Å². The molecule has 0 spiro atoms. The second-order valence-electron chi connectivity index (χ2n) is 5.99. The zero-order valence-corrected chi connectivity index (χ0v) is 14.2. The molecule has 1 N–H and O–H groups in total. The molecule has 1 unspecified atom stereocenters. The lowest BCUT2D eigenvalue weighted by Crippen LogP contribution is -2.02. The predicted octanol–water partition coefficient (Wildman–Crippen LogP) is 4.04. The number of hydrogen-bond donors (Lipinski definition) is 1. The van der Waals surface area contributed by atoms with E-state index in [0.29, 0.717) is 6.42 Å². The van der Waals surface area contributed by atoms with Gasteiger partial charge in [0.15, 0.2) is 5.65 Å². The quantitative estimate of drug-likeness (QED) is 0.791. The van der Waals surface area contributed by atoms with Crippen molar-refractivity contribution in [1.29, 1.82) is 0 Å². The van der Waals surface area contributed by atoms with Crippen molar-refractivity contribution in [2.75, 3.05) is 0 Å². The highest BCUT2D eigenvalue weighted by atomic mass is 16.3. The Hall–Kier alpha value is -2.20. The summed E-state index contributed by atoms with van der Waals surface area (Å²) in [6.45, 7) is 8.17. The molecule has 1 aromatic carbocycles. The number of pyridine rings is 1. The number of imidazole rings is 1. The molecule has 0 saturated heterocycles. The van der Waals surface area contributed by atoms with Crippen molar-refractivity contribution < 1.29 is 5.11 Å². The fourth-order valence-electron chi connectivity index (χ4n) is 3.00. The monoisotopic (exact) mass is 309 g/mol. The molecule has 23 heavy (non-hydrogen) atoms. The van der Waals surface area contributed by atoms with Gasteiger partial charge >= 0.3 is 0 Å². The number of aryl methyl sites for hydroxylation is 3. The number of benzene rings is 1. The molecular formula is C19H23N3O. The Morgan fingerprint density at radius 2 is 1.78 bits per heavy atom. The Morgan fingerprint density at radius 1 is 1.09 bits per heavy atom. The molecule has 2 heterocycles. The standard InChI is InChI=1S/C19H23N3O/c1-5-16(23)14-7-9-15(10-8-14)22-17(6-2)21-18-12(3)11-13(4)20-19(18)22/h7-11,16,23H,5-6H2,1-4H3. The summed E-state index contributed by atoms with van der Waals surface area (Å²) in [4.78, 5) is 9.48. The van der Waals surface area contributed by atoms with Gasteiger partial charge in [-0.05, 0) is 49.6 Å². The first kappa shape index (κ1) is 15.7. The summed E-state index contributed by atoms with van der Waals surface area (Å²) < 4.78 is 2.12. The Morgan fingerprint density at radius 3 is 2.39 bits per heavy atom. The molecule has 3 rings (SSSR count). The van der Waals surface area contributed by atoms with Gasteiger partial charge in [-0.15, -0.1) is 0 Å². The minimum absolute atomic E-state index is 0.406. The van der Waals surface area contributed by atoms with Crippen LogP contribution in [0.2, 0.25) is 0 Å². The highest BCUT2D eigenvalue weighted by molar-refractivity contribution is 5.78. The van der Waals surface area contributed by atoms with Gasteiger partial charge in [-0.25, -0.2) is 9.97 Å².